The second-order valence-electron chi connectivity index (χ2n) is 3.87. The first-order valence-corrected chi connectivity index (χ1v) is 4.99. The van der Waals surface area contributed by atoms with E-state index in [2.05, 4.69) is 5.32 Å². The molecule has 15 heavy (non-hydrogen) atoms. The van der Waals surface area contributed by atoms with Crippen molar-refractivity contribution in [3.63, 3.8) is 0 Å². The minimum atomic E-state index is -4.54. The molecule has 0 spiro atoms. The van der Waals surface area contributed by atoms with E-state index in [0.717, 1.165) is 0 Å². The molecule has 0 bridgehead atoms. The molecule has 3 nitrogen and oxygen atoms in total. The average molecular weight is 227 g/mol. The molecule has 0 aliphatic carbocycles. The van der Waals surface area contributed by atoms with Gasteiger partial charge in [-0.25, -0.2) is 0 Å². The lowest BCUT2D eigenvalue weighted by molar-refractivity contribution is -0.202. The summed E-state index contributed by atoms with van der Waals surface area (Å²) < 4.78 is 41.2. The molecule has 3 unspecified atom stereocenters. The molecule has 0 aromatic rings. The first kappa shape index (κ1) is 12.7. The number of halogens is 3. The maximum Gasteiger partial charge on any atom is 0.415 e. The van der Waals surface area contributed by atoms with Crippen LogP contribution in [-0.2, 0) is 4.74 Å². The summed E-state index contributed by atoms with van der Waals surface area (Å²) >= 11 is 0. The molecule has 0 amide bonds. The smallest absolute Gasteiger partial charge is 0.382 e. The zero-order valence-corrected chi connectivity index (χ0v) is 8.55. The second kappa shape index (κ2) is 5.14. The van der Waals surface area contributed by atoms with Crippen LogP contribution < -0.4 is 5.32 Å². The van der Waals surface area contributed by atoms with E-state index in [0.29, 0.717) is 19.4 Å². The van der Waals surface area contributed by atoms with Crippen LogP contribution in [0.1, 0.15) is 19.8 Å². The van der Waals surface area contributed by atoms with Crippen molar-refractivity contribution in [1.29, 1.82) is 0 Å². The van der Waals surface area contributed by atoms with Crippen LogP contribution in [0.5, 0.6) is 0 Å². The van der Waals surface area contributed by atoms with Gasteiger partial charge in [0, 0.05) is 19.2 Å². The molecule has 1 rings (SSSR count). The Hall–Kier alpha value is -0.330. The summed E-state index contributed by atoms with van der Waals surface area (Å²) in [4.78, 5) is 0. The maximum absolute atomic E-state index is 12.0. The van der Waals surface area contributed by atoms with Gasteiger partial charge in [-0.1, -0.05) is 0 Å². The molecule has 0 aromatic heterocycles. The predicted octanol–water partition coefficient (Wildman–Crippen LogP) is 1.07. The largest absolute Gasteiger partial charge is 0.415 e. The summed E-state index contributed by atoms with van der Waals surface area (Å²) in [5.74, 6) is 0. The van der Waals surface area contributed by atoms with Crippen LogP contribution in [0.15, 0.2) is 0 Å². The molecule has 2 N–H and O–H groups in total. The van der Waals surface area contributed by atoms with Crippen LogP contribution in [0, 0.1) is 0 Å². The monoisotopic (exact) mass is 227 g/mol. The molecule has 0 saturated carbocycles. The maximum atomic E-state index is 12.0. The summed E-state index contributed by atoms with van der Waals surface area (Å²) in [7, 11) is 0. The lowest BCUT2D eigenvalue weighted by Crippen LogP contribution is -2.45. The van der Waals surface area contributed by atoms with Crippen LogP contribution in [0.3, 0.4) is 0 Å². The van der Waals surface area contributed by atoms with E-state index in [1.807, 2.05) is 6.92 Å². The van der Waals surface area contributed by atoms with Crippen molar-refractivity contribution >= 4 is 0 Å². The number of hydrogen-bond donors (Lipinski definition) is 2. The molecule has 90 valence electrons. The Morgan fingerprint density at radius 3 is 2.73 bits per heavy atom. The summed E-state index contributed by atoms with van der Waals surface area (Å²) in [5.41, 5.74) is 0. The molecule has 6 heteroatoms. The van der Waals surface area contributed by atoms with E-state index < -0.39 is 18.8 Å². The van der Waals surface area contributed by atoms with Crippen molar-refractivity contribution in [3.05, 3.63) is 0 Å². The van der Waals surface area contributed by atoms with Gasteiger partial charge in [-0.3, -0.25) is 0 Å². The van der Waals surface area contributed by atoms with Crippen molar-refractivity contribution in [2.45, 2.75) is 44.2 Å². The fourth-order valence-electron chi connectivity index (χ4n) is 1.58. The summed E-state index contributed by atoms with van der Waals surface area (Å²) in [6.45, 7) is 2.00. The molecular formula is C9H16F3NO2. The Morgan fingerprint density at radius 1 is 1.53 bits per heavy atom. The summed E-state index contributed by atoms with van der Waals surface area (Å²) in [5, 5.41) is 11.5. The topological polar surface area (TPSA) is 41.5 Å². The predicted molar refractivity (Wildman–Crippen MR) is 48.5 cm³/mol. The van der Waals surface area contributed by atoms with E-state index >= 15 is 0 Å². The molecule has 1 heterocycles. The van der Waals surface area contributed by atoms with E-state index in [9.17, 15) is 13.2 Å². The van der Waals surface area contributed by atoms with E-state index in [1.165, 1.54) is 0 Å². The fraction of sp³-hybridized carbons (Fsp3) is 1.00. The van der Waals surface area contributed by atoms with Gasteiger partial charge < -0.3 is 15.2 Å². The Labute approximate surface area is 86.6 Å². The summed E-state index contributed by atoms with van der Waals surface area (Å²) in [6.07, 6.45) is -5.38. The number of aliphatic hydroxyl groups is 1. The van der Waals surface area contributed by atoms with Gasteiger partial charge in [0.05, 0.1) is 6.10 Å². The summed E-state index contributed by atoms with van der Waals surface area (Å²) in [6, 6.07) is 0.00532. The quantitative estimate of drug-likeness (QED) is 0.757. The lowest BCUT2D eigenvalue weighted by Gasteiger charge is -2.29. The molecule has 0 aromatic carbocycles. The molecular weight excluding hydrogens is 211 g/mol. The van der Waals surface area contributed by atoms with Gasteiger partial charge in [-0.15, -0.1) is 0 Å². The Bertz CT molecular complexity index is 198. The Balaban J connectivity index is 2.24. The van der Waals surface area contributed by atoms with Crippen molar-refractivity contribution in [1.82, 2.24) is 5.32 Å². The molecule has 1 aliphatic rings. The number of ether oxygens (including phenoxy) is 1. The van der Waals surface area contributed by atoms with Crippen LogP contribution in [0.2, 0.25) is 0 Å². The molecule has 1 aliphatic heterocycles. The third kappa shape index (κ3) is 4.36. The zero-order valence-electron chi connectivity index (χ0n) is 8.55. The van der Waals surface area contributed by atoms with Crippen molar-refractivity contribution in [2.75, 3.05) is 13.2 Å². The van der Waals surface area contributed by atoms with E-state index in [4.69, 9.17) is 9.84 Å². The Kier molecular flexibility index (Phi) is 4.36. The lowest BCUT2D eigenvalue weighted by atomic mass is 10.0. The van der Waals surface area contributed by atoms with Crippen molar-refractivity contribution in [2.24, 2.45) is 0 Å². The SMILES string of the molecule is CC1CC(NCC(O)C(F)(F)F)CCO1. The average Bonchev–Trinajstić information content (AvgIpc) is 2.12. The zero-order chi connectivity index (χ0) is 11.5. The minimum Gasteiger partial charge on any atom is -0.382 e. The van der Waals surface area contributed by atoms with Gasteiger partial charge in [0.25, 0.3) is 0 Å². The second-order valence-corrected chi connectivity index (χ2v) is 3.87. The van der Waals surface area contributed by atoms with Gasteiger partial charge in [0.15, 0.2) is 6.10 Å². The highest BCUT2D eigenvalue weighted by Gasteiger charge is 2.38. The van der Waals surface area contributed by atoms with Gasteiger partial charge in [0.2, 0.25) is 0 Å². The number of nitrogens with one attached hydrogen (secondary N) is 1. The first-order valence-electron chi connectivity index (χ1n) is 4.99. The number of hydrogen-bond acceptors (Lipinski definition) is 3. The molecule has 1 saturated heterocycles. The van der Waals surface area contributed by atoms with Crippen LogP contribution in [-0.4, -0.2) is 42.7 Å². The van der Waals surface area contributed by atoms with Gasteiger partial charge in [-0.05, 0) is 19.8 Å². The van der Waals surface area contributed by atoms with Crippen LogP contribution >= 0.6 is 0 Å². The van der Waals surface area contributed by atoms with Gasteiger partial charge in [0.1, 0.15) is 0 Å². The fourth-order valence-corrected chi connectivity index (χ4v) is 1.58. The van der Waals surface area contributed by atoms with Crippen molar-refractivity contribution in [3.8, 4) is 0 Å². The van der Waals surface area contributed by atoms with E-state index in [-0.39, 0.29) is 12.1 Å². The highest BCUT2D eigenvalue weighted by Crippen LogP contribution is 2.20. The van der Waals surface area contributed by atoms with Crippen molar-refractivity contribution < 1.29 is 23.0 Å². The van der Waals surface area contributed by atoms with Gasteiger partial charge >= 0.3 is 6.18 Å². The highest BCUT2D eigenvalue weighted by molar-refractivity contribution is 4.77. The highest BCUT2D eigenvalue weighted by atomic mass is 19.4. The van der Waals surface area contributed by atoms with Crippen LogP contribution in [0.4, 0.5) is 13.2 Å². The number of rotatable bonds is 3. The number of alkyl halides is 3. The number of aliphatic hydroxyl groups excluding tert-OH is 1. The Morgan fingerprint density at radius 2 is 2.20 bits per heavy atom. The third-order valence-corrected chi connectivity index (χ3v) is 2.46. The normalized spacial score (nSPS) is 30.2. The van der Waals surface area contributed by atoms with E-state index in [1.54, 1.807) is 0 Å². The van der Waals surface area contributed by atoms with Crippen LogP contribution in [0.25, 0.3) is 0 Å². The molecule has 0 radical (unpaired) electrons. The molecule has 3 atom stereocenters. The van der Waals surface area contributed by atoms with Gasteiger partial charge in [-0.2, -0.15) is 13.2 Å². The standard InChI is InChI=1S/C9H16F3NO2/c1-6-4-7(2-3-15-6)13-5-8(14)9(10,11)12/h6-8,13-14H,2-5H2,1H3. The molecule has 1 fully saturated rings. The first-order chi connectivity index (χ1) is 6.89. The minimum absolute atomic E-state index is 0.00532. The third-order valence-electron chi connectivity index (χ3n) is 2.46.